The summed E-state index contributed by atoms with van der Waals surface area (Å²) in [5.41, 5.74) is 0.125. The van der Waals surface area contributed by atoms with Gasteiger partial charge >= 0.3 is 5.97 Å². The third-order valence-electron chi connectivity index (χ3n) is 0.996. The van der Waals surface area contributed by atoms with Crippen molar-refractivity contribution in [2.75, 3.05) is 6.54 Å². The van der Waals surface area contributed by atoms with Crippen molar-refractivity contribution >= 4 is 11.7 Å². The average Bonchev–Trinajstić information content (AvgIpc) is 1.97. The molecule has 0 aliphatic rings. The quantitative estimate of drug-likeness (QED) is 0.477. The van der Waals surface area contributed by atoms with Gasteiger partial charge in [0.15, 0.2) is 0 Å². The Kier molecular flexibility index (Phi) is 4.73. The summed E-state index contributed by atoms with van der Waals surface area (Å²) in [6, 6.07) is 0. The Morgan fingerprint density at radius 1 is 1.45 bits per heavy atom. The minimum atomic E-state index is -0.994. The highest BCUT2D eigenvalue weighted by Crippen LogP contribution is 1.89. The molecule has 1 N–H and O–H groups in total. The Balaban J connectivity index is 4.18. The van der Waals surface area contributed by atoms with Gasteiger partial charge in [-0.2, -0.15) is 0 Å². The van der Waals surface area contributed by atoms with Crippen LogP contribution in [0.2, 0.25) is 0 Å². The fourth-order valence-electron chi connectivity index (χ4n) is 0.531. The Labute approximate surface area is 65.8 Å². The molecular weight excluding hydrogens is 142 g/mol. The van der Waals surface area contributed by atoms with Crippen LogP contribution < -0.4 is 0 Å². The van der Waals surface area contributed by atoms with Crippen LogP contribution in [0, 0.1) is 0 Å². The van der Waals surface area contributed by atoms with Crippen molar-refractivity contribution < 1.29 is 9.90 Å². The number of carbonyl (C=O) groups is 1. The van der Waals surface area contributed by atoms with Crippen LogP contribution in [0.15, 0.2) is 30.3 Å². The molecular formula is C8H11NO2. The largest absolute Gasteiger partial charge is 0.477 e. The Morgan fingerprint density at radius 3 is 2.45 bits per heavy atom. The summed E-state index contributed by atoms with van der Waals surface area (Å²) in [6.45, 7) is 7.19. The molecule has 0 amide bonds. The molecule has 0 atom stereocenters. The van der Waals surface area contributed by atoms with Gasteiger partial charge in [-0.1, -0.05) is 12.2 Å². The first-order valence-corrected chi connectivity index (χ1v) is 3.20. The van der Waals surface area contributed by atoms with E-state index in [2.05, 4.69) is 18.2 Å². The summed E-state index contributed by atoms with van der Waals surface area (Å²) in [5, 5.41) is 8.52. The molecule has 0 aromatic heterocycles. The average molecular weight is 153 g/mol. The summed E-state index contributed by atoms with van der Waals surface area (Å²) in [7, 11) is 0. The maximum absolute atomic E-state index is 10.4. The molecule has 0 bridgehead atoms. The Morgan fingerprint density at radius 2 is 2.09 bits per heavy atom. The lowest BCUT2D eigenvalue weighted by atomic mass is 10.2. The molecule has 0 rings (SSSR count). The molecule has 0 heterocycles. The maximum atomic E-state index is 10.4. The number of hydrogen-bond acceptors (Lipinski definition) is 2. The standard InChI is InChI=1S/C8H11NO2/c1-3-5-7(8(10)11)9-6-4-2/h3-4H,1-2,5-6H2,(H,10,11). The zero-order chi connectivity index (χ0) is 8.69. The van der Waals surface area contributed by atoms with E-state index in [0.29, 0.717) is 13.0 Å². The minimum Gasteiger partial charge on any atom is -0.477 e. The van der Waals surface area contributed by atoms with Gasteiger partial charge in [0.2, 0.25) is 0 Å². The molecule has 0 radical (unpaired) electrons. The second-order valence-electron chi connectivity index (χ2n) is 1.87. The van der Waals surface area contributed by atoms with Crippen molar-refractivity contribution in [1.29, 1.82) is 0 Å². The van der Waals surface area contributed by atoms with E-state index in [1.807, 2.05) is 0 Å². The second kappa shape index (κ2) is 5.41. The molecule has 11 heavy (non-hydrogen) atoms. The Bertz CT molecular complexity index is 194. The first-order chi connectivity index (χ1) is 5.22. The van der Waals surface area contributed by atoms with Crippen LogP contribution in [-0.4, -0.2) is 23.3 Å². The van der Waals surface area contributed by atoms with Gasteiger partial charge in [0.25, 0.3) is 0 Å². The normalized spacial score (nSPS) is 10.7. The second-order valence-corrected chi connectivity index (χ2v) is 1.87. The van der Waals surface area contributed by atoms with Gasteiger partial charge in [-0.25, -0.2) is 4.79 Å². The molecule has 0 aliphatic carbocycles. The first-order valence-electron chi connectivity index (χ1n) is 3.20. The zero-order valence-electron chi connectivity index (χ0n) is 6.29. The van der Waals surface area contributed by atoms with Gasteiger partial charge in [0.1, 0.15) is 5.71 Å². The van der Waals surface area contributed by atoms with E-state index < -0.39 is 5.97 Å². The molecule has 0 unspecified atom stereocenters. The predicted octanol–water partition coefficient (Wildman–Crippen LogP) is 1.27. The van der Waals surface area contributed by atoms with Gasteiger partial charge in [-0.05, 0) is 0 Å². The molecule has 0 aliphatic heterocycles. The van der Waals surface area contributed by atoms with E-state index in [-0.39, 0.29) is 5.71 Å². The molecule has 0 spiro atoms. The van der Waals surface area contributed by atoms with Crippen LogP contribution in [0.3, 0.4) is 0 Å². The van der Waals surface area contributed by atoms with Crippen LogP contribution in [0.1, 0.15) is 6.42 Å². The lowest BCUT2D eigenvalue weighted by molar-refractivity contribution is -0.129. The highest BCUT2D eigenvalue weighted by Gasteiger charge is 2.04. The van der Waals surface area contributed by atoms with Crippen LogP contribution in [-0.2, 0) is 4.79 Å². The monoisotopic (exact) mass is 153 g/mol. The van der Waals surface area contributed by atoms with Gasteiger partial charge < -0.3 is 5.11 Å². The number of carboxylic acid groups (broad SMARTS) is 1. The van der Waals surface area contributed by atoms with Crippen LogP contribution in [0.5, 0.6) is 0 Å². The van der Waals surface area contributed by atoms with Crippen LogP contribution >= 0.6 is 0 Å². The van der Waals surface area contributed by atoms with E-state index in [0.717, 1.165) is 0 Å². The SMILES string of the molecule is C=CCN=C(CC=C)C(=O)O. The fourth-order valence-corrected chi connectivity index (χ4v) is 0.531. The topological polar surface area (TPSA) is 49.7 Å². The summed E-state index contributed by atoms with van der Waals surface area (Å²) in [6.07, 6.45) is 3.35. The molecule has 60 valence electrons. The van der Waals surface area contributed by atoms with Crippen molar-refractivity contribution in [2.45, 2.75) is 6.42 Å². The van der Waals surface area contributed by atoms with Crippen LogP contribution in [0.25, 0.3) is 0 Å². The molecule has 3 nitrogen and oxygen atoms in total. The highest BCUT2D eigenvalue weighted by atomic mass is 16.4. The third-order valence-corrected chi connectivity index (χ3v) is 0.996. The number of nitrogens with zero attached hydrogens (tertiary/aromatic N) is 1. The van der Waals surface area contributed by atoms with Crippen molar-refractivity contribution in [3.63, 3.8) is 0 Å². The molecule has 0 aromatic rings. The van der Waals surface area contributed by atoms with E-state index in [9.17, 15) is 4.79 Å². The summed E-state index contributed by atoms with van der Waals surface area (Å²) in [4.78, 5) is 14.1. The Hall–Kier alpha value is -1.38. The molecule has 0 saturated heterocycles. The molecule has 0 fully saturated rings. The van der Waals surface area contributed by atoms with Crippen molar-refractivity contribution in [3.8, 4) is 0 Å². The van der Waals surface area contributed by atoms with Gasteiger partial charge in [0, 0.05) is 6.42 Å². The smallest absolute Gasteiger partial charge is 0.350 e. The number of allylic oxidation sites excluding steroid dienone is 1. The molecule has 0 saturated carbocycles. The maximum Gasteiger partial charge on any atom is 0.350 e. The van der Waals surface area contributed by atoms with Crippen molar-refractivity contribution in [3.05, 3.63) is 25.3 Å². The predicted molar refractivity (Wildman–Crippen MR) is 44.9 cm³/mol. The van der Waals surface area contributed by atoms with Crippen molar-refractivity contribution in [2.24, 2.45) is 4.99 Å². The highest BCUT2D eigenvalue weighted by molar-refractivity contribution is 6.35. The first kappa shape index (κ1) is 9.62. The number of hydrogen-bond donors (Lipinski definition) is 1. The van der Waals surface area contributed by atoms with E-state index in [4.69, 9.17) is 5.11 Å². The summed E-state index contributed by atoms with van der Waals surface area (Å²) >= 11 is 0. The van der Waals surface area contributed by atoms with E-state index in [1.54, 1.807) is 6.08 Å². The number of rotatable bonds is 5. The zero-order valence-corrected chi connectivity index (χ0v) is 6.29. The van der Waals surface area contributed by atoms with Gasteiger partial charge in [-0.15, -0.1) is 13.2 Å². The summed E-state index contributed by atoms with van der Waals surface area (Å²) < 4.78 is 0. The summed E-state index contributed by atoms with van der Waals surface area (Å²) in [5.74, 6) is -0.994. The lowest BCUT2D eigenvalue weighted by Crippen LogP contribution is -2.12. The van der Waals surface area contributed by atoms with Gasteiger partial charge in [0.05, 0.1) is 6.54 Å². The number of aliphatic imine (C=N–C) groups is 1. The number of aliphatic carboxylic acids is 1. The molecule has 0 aromatic carbocycles. The lowest BCUT2D eigenvalue weighted by Gasteiger charge is -1.94. The van der Waals surface area contributed by atoms with Gasteiger partial charge in [-0.3, -0.25) is 4.99 Å². The minimum absolute atomic E-state index is 0.125. The number of carboxylic acids is 1. The van der Waals surface area contributed by atoms with E-state index in [1.165, 1.54) is 6.08 Å². The molecule has 3 heteroatoms. The fraction of sp³-hybridized carbons (Fsp3) is 0.250. The van der Waals surface area contributed by atoms with Crippen molar-refractivity contribution in [1.82, 2.24) is 0 Å². The third kappa shape index (κ3) is 4.08. The van der Waals surface area contributed by atoms with Crippen LogP contribution in [0.4, 0.5) is 0 Å². The van der Waals surface area contributed by atoms with E-state index >= 15 is 0 Å².